The van der Waals surface area contributed by atoms with E-state index >= 15 is 0 Å². The molecule has 1 aliphatic carbocycles. The Hall–Kier alpha value is -3.60. The van der Waals surface area contributed by atoms with Crippen LogP contribution in [0.1, 0.15) is 77.7 Å². The summed E-state index contributed by atoms with van der Waals surface area (Å²) in [5.41, 5.74) is -1.79. The lowest BCUT2D eigenvalue weighted by atomic mass is 9.91. The molecule has 0 aromatic heterocycles. The minimum Gasteiger partial charge on any atom is -0.479 e. The van der Waals surface area contributed by atoms with Crippen LogP contribution in [0.5, 0.6) is 0 Å². The van der Waals surface area contributed by atoms with Crippen LogP contribution in [0.3, 0.4) is 0 Å². The van der Waals surface area contributed by atoms with E-state index in [1.54, 1.807) is 39.0 Å². The van der Waals surface area contributed by atoms with E-state index in [0.29, 0.717) is 30.0 Å². The highest BCUT2D eigenvalue weighted by atomic mass is 35.5. The molecule has 5 atom stereocenters. The molecule has 12 heteroatoms. The first-order chi connectivity index (χ1) is 20.3. The molecule has 1 aromatic rings. The number of aliphatic carboxylic acids is 1. The van der Waals surface area contributed by atoms with Gasteiger partial charge in [-0.15, -0.1) is 0 Å². The topological polar surface area (TPSA) is 147 Å². The number of nitrogens with zero attached hydrogens (tertiary/aromatic N) is 2. The molecule has 0 unspecified atom stereocenters. The van der Waals surface area contributed by atoms with E-state index in [4.69, 9.17) is 21.2 Å². The SMILES string of the molecule is CC(C)(C)OC(=O)N[C@H]1CCCCCC=C[C@@H]2C[C@@]2(C(=O)O)NC(=O)[C@@H]2C[C@@]3(CC(c4cccc(Cl)c4)=NO3)CN2C1=O. The number of ether oxygens (including phenoxy) is 1. The van der Waals surface area contributed by atoms with Crippen LogP contribution in [-0.4, -0.2) is 75.0 Å². The van der Waals surface area contributed by atoms with Crippen molar-refractivity contribution in [2.75, 3.05) is 6.54 Å². The van der Waals surface area contributed by atoms with E-state index in [1.165, 1.54) is 4.90 Å². The van der Waals surface area contributed by atoms with Gasteiger partial charge in [-0.25, -0.2) is 9.59 Å². The first-order valence-electron chi connectivity index (χ1n) is 14.8. The number of oxime groups is 1. The second-order valence-electron chi connectivity index (χ2n) is 13.0. The molecule has 1 saturated heterocycles. The van der Waals surface area contributed by atoms with Gasteiger partial charge in [-0.05, 0) is 58.6 Å². The van der Waals surface area contributed by atoms with Crippen molar-refractivity contribution in [2.24, 2.45) is 11.1 Å². The number of fused-ring (bicyclic) bond motifs is 2. The third-order valence-electron chi connectivity index (χ3n) is 8.45. The molecule has 1 spiro atoms. The Bertz CT molecular complexity index is 1360. The number of alkyl carbamates (subject to hydrolysis) is 1. The second-order valence-corrected chi connectivity index (χ2v) is 13.5. The summed E-state index contributed by atoms with van der Waals surface area (Å²) < 4.78 is 5.44. The van der Waals surface area contributed by atoms with Crippen molar-refractivity contribution in [1.82, 2.24) is 15.5 Å². The summed E-state index contributed by atoms with van der Waals surface area (Å²) in [5.74, 6) is -2.47. The summed E-state index contributed by atoms with van der Waals surface area (Å²) in [4.78, 5) is 60.6. The van der Waals surface area contributed by atoms with Crippen LogP contribution in [0.2, 0.25) is 5.02 Å². The summed E-state index contributed by atoms with van der Waals surface area (Å²) in [7, 11) is 0. The number of carboxylic acids is 1. The molecule has 4 aliphatic rings. The normalized spacial score (nSPS) is 31.1. The molecule has 0 bridgehead atoms. The lowest BCUT2D eigenvalue weighted by Crippen LogP contribution is -2.56. The highest BCUT2D eigenvalue weighted by molar-refractivity contribution is 6.31. The third kappa shape index (κ3) is 6.82. The molecule has 11 nitrogen and oxygen atoms in total. The monoisotopic (exact) mass is 614 g/mol. The number of hydrogen-bond acceptors (Lipinski definition) is 7. The van der Waals surface area contributed by atoms with Gasteiger partial charge in [0.05, 0.1) is 12.3 Å². The Morgan fingerprint density at radius 2 is 2.00 bits per heavy atom. The van der Waals surface area contributed by atoms with Crippen molar-refractivity contribution < 1.29 is 33.9 Å². The number of rotatable bonds is 3. The van der Waals surface area contributed by atoms with Gasteiger partial charge in [0.15, 0.2) is 5.60 Å². The zero-order valence-corrected chi connectivity index (χ0v) is 25.5. The zero-order chi connectivity index (χ0) is 31.0. The minimum atomic E-state index is -1.43. The summed E-state index contributed by atoms with van der Waals surface area (Å²) in [6, 6.07) is 5.21. The Balaban J connectivity index is 1.44. The van der Waals surface area contributed by atoms with Crippen LogP contribution in [0.15, 0.2) is 41.6 Å². The van der Waals surface area contributed by atoms with Gasteiger partial charge in [0.1, 0.15) is 23.2 Å². The molecular formula is C31H39ClN4O7. The highest BCUT2D eigenvalue weighted by Crippen LogP contribution is 2.46. The van der Waals surface area contributed by atoms with Crippen molar-refractivity contribution in [2.45, 2.75) is 101 Å². The van der Waals surface area contributed by atoms with Gasteiger partial charge in [-0.3, -0.25) is 9.59 Å². The Morgan fingerprint density at radius 3 is 2.72 bits per heavy atom. The number of halogens is 1. The predicted molar refractivity (Wildman–Crippen MR) is 159 cm³/mol. The number of allylic oxidation sites excluding steroid dienone is 1. The van der Waals surface area contributed by atoms with Crippen molar-refractivity contribution in [3.8, 4) is 0 Å². The Morgan fingerprint density at radius 1 is 1.21 bits per heavy atom. The standard InChI is InChI=1S/C31H39ClN4O7/c1-29(2,3)42-28(41)33-22-13-8-6-4-5-7-11-20-15-31(20,27(39)40)34-25(37)24-17-30(18-36(24)26(22)38)16-23(35-43-30)19-10-9-12-21(32)14-19/h7,9-12,14,20,22,24H,4-6,8,13,15-18H2,1-3H3,(H,33,41)(H,34,37)(H,39,40)/t20-,22+,24+,30+,31-/m1/s1. The van der Waals surface area contributed by atoms with Crippen LogP contribution >= 0.6 is 11.6 Å². The molecule has 43 heavy (non-hydrogen) atoms. The average molecular weight is 615 g/mol. The van der Waals surface area contributed by atoms with E-state index in [1.807, 2.05) is 18.2 Å². The fourth-order valence-electron chi connectivity index (χ4n) is 6.17. The second kappa shape index (κ2) is 11.8. The molecule has 232 valence electrons. The molecule has 3 N–H and O–H groups in total. The Labute approximate surface area is 256 Å². The van der Waals surface area contributed by atoms with Crippen LogP contribution in [0.25, 0.3) is 0 Å². The van der Waals surface area contributed by atoms with Gasteiger partial charge >= 0.3 is 12.1 Å². The lowest BCUT2D eigenvalue weighted by Gasteiger charge is -2.30. The predicted octanol–water partition coefficient (Wildman–Crippen LogP) is 4.18. The minimum absolute atomic E-state index is 0.0351. The van der Waals surface area contributed by atoms with Crippen molar-refractivity contribution in [3.63, 3.8) is 0 Å². The van der Waals surface area contributed by atoms with Gasteiger partial charge in [0.25, 0.3) is 0 Å². The number of carbonyl (C=O) groups is 4. The zero-order valence-electron chi connectivity index (χ0n) is 24.7. The largest absolute Gasteiger partial charge is 0.479 e. The lowest BCUT2D eigenvalue weighted by molar-refractivity contribution is -0.145. The number of hydrogen-bond donors (Lipinski definition) is 3. The van der Waals surface area contributed by atoms with Crippen LogP contribution in [0, 0.1) is 5.92 Å². The van der Waals surface area contributed by atoms with Crippen molar-refractivity contribution >= 4 is 41.2 Å². The molecule has 1 saturated carbocycles. The fraction of sp³-hybridized carbons (Fsp3) is 0.581. The summed E-state index contributed by atoms with van der Waals surface area (Å²) in [5, 5.41) is 20.4. The molecule has 2 fully saturated rings. The number of amides is 3. The summed E-state index contributed by atoms with van der Waals surface area (Å²) in [6.45, 7) is 5.25. The molecule has 3 amide bonds. The maximum Gasteiger partial charge on any atom is 0.408 e. The smallest absolute Gasteiger partial charge is 0.408 e. The fourth-order valence-corrected chi connectivity index (χ4v) is 6.36. The van der Waals surface area contributed by atoms with E-state index in [2.05, 4.69) is 15.8 Å². The Kier molecular flexibility index (Phi) is 8.48. The summed E-state index contributed by atoms with van der Waals surface area (Å²) >= 11 is 6.19. The molecular weight excluding hydrogens is 576 g/mol. The number of benzene rings is 1. The van der Waals surface area contributed by atoms with E-state index in [-0.39, 0.29) is 25.3 Å². The maximum absolute atomic E-state index is 14.2. The first kappa shape index (κ1) is 30.8. The number of carboxylic acid groups (broad SMARTS) is 1. The first-order valence-corrected chi connectivity index (χ1v) is 15.2. The summed E-state index contributed by atoms with van der Waals surface area (Å²) in [6.07, 6.45) is 7.22. The van der Waals surface area contributed by atoms with Gasteiger partial charge in [0.2, 0.25) is 11.8 Å². The molecule has 3 heterocycles. The van der Waals surface area contributed by atoms with E-state index in [9.17, 15) is 24.3 Å². The van der Waals surface area contributed by atoms with Crippen LogP contribution < -0.4 is 10.6 Å². The molecule has 3 aliphatic heterocycles. The number of nitrogens with one attached hydrogen (secondary N) is 2. The van der Waals surface area contributed by atoms with Gasteiger partial charge in [-0.1, -0.05) is 53.9 Å². The molecule has 5 rings (SSSR count). The van der Waals surface area contributed by atoms with Gasteiger partial charge in [-0.2, -0.15) is 0 Å². The van der Waals surface area contributed by atoms with E-state index < -0.39 is 52.7 Å². The van der Waals surface area contributed by atoms with Crippen LogP contribution in [0.4, 0.5) is 4.79 Å². The van der Waals surface area contributed by atoms with Crippen molar-refractivity contribution in [1.29, 1.82) is 0 Å². The van der Waals surface area contributed by atoms with E-state index in [0.717, 1.165) is 24.8 Å². The molecule has 0 radical (unpaired) electrons. The number of carbonyl (C=O) groups excluding carboxylic acids is 3. The quantitative estimate of drug-likeness (QED) is 0.433. The van der Waals surface area contributed by atoms with Gasteiger partial charge < -0.3 is 30.2 Å². The third-order valence-corrected chi connectivity index (χ3v) is 8.68. The van der Waals surface area contributed by atoms with Gasteiger partial charge in [0, 0.05) is 29.3 Å². The average Bonchev–Trinajstić information content (AvgIpc) is 3.27. The maximum atomic E-state index is 14.2. The highest BCUT2D eigenvalue weighted by Gasteiger charge is 2.62. The van der Waals surface area contributed by atoms with Crippen LogP contribution in [-0.2, 0) is 24.0 Å². The van der Waals surface area contributed by atoms with Crippen molar-refractivity contribution in [3.05, 3.63) is 47.0 Å². The molecule has 1 aromatic carbocycles.